The van der Waals surface area contributed by atoms with Crippen LogP contribution < -0.4 is 5.73 Å². The molecule has 3 nitrogen and oxygen atoms in total. The van der Waals surface area contributed by atoms with Crippen molar-refractivity contribution in [1.29, 1.82) is 5.26 Å². The normalized spacial score (nSPS) is 16.2. The molecule has 0 aliphatic heterocycles. The Labute approximate surface area is 55.4 Å². The highest BCUT2D eigenvalue weighted by atomic mass is 16.5. The molecule has 9 heavy (non-hydrogen) atoms. The second kappa shape index (κ2) is 3.44. The number of ether oxygens (including phenoxy) is 1. The van der Waals surface area contributed by atoms with E-state index in [0.29, 0.717) is 13.0 Å². The van der Waals surface area contributed by atoms with Gasteiger partial charge in [0.2, 0.25) is 0 Å². The predicted molar refractivity (Wildman–Crippen MR) is 34.7 cm³/mol. The molecule has 0 aromatic rings. The Morgan fingerprint density at radius 2 is 2.33 bits per heavy atom. The van der Waals surface area contributed by atoms with Crippen LogP contribution in [0.3, 0.4) is 0 Å². The summed E-state index contributed by atoms with van der Waals surface area (Å²) in [5.74, 6) is 0. The molecule has 0 saturated heterocycles. The molecule has 0 saturated carbocycles. The molecule has 0 spiro atoms. The van der Waals surface area contributed by atoms with Gasteiger partial charge in [0, 0.05) is 20.1 Å². The number of nitrogens with two attached hydrogens (primary N) is 1. The Morgan fingerprint density at radius 1 is 1.78 bits per heavy atom. The predicted octanol–water partition coefficient (Wildman–Crippen LogP) is 0.264. The van der Waals surface area contributed by atoms with Crippen LogP contribution in [0.25, 0.3) is 0 Å². The smallest absolute Gasteiger partial charge is 0.103 e. The Bertz CT molecular complexity index is 115. The van der Waals surface area contributed by atoms with Gasteiger partial charge in [-0.2, -0.15) is 5.26 Å². The summed E-state index contributed by atoms with van der Waals surface area (Å²) < 4.78 is 4.75. The van der Waals surface area contributed by atoms with E-state index < -0.39 is 5.54 Å². The van der Waals surface area contributed by atoms with Gasteiger partial charge >= 0.3 is 0 Å². The van der Waals surface area contributed by atoms with Gasteiger partial charge in [-0.25, -0.2) is 0 Å². The standard InChI is InChI=1S/C6H12N2O/c1-6(8,5-7)3-4-9-2/h3-4,8H2,1-2H3/t6-/m1/s1. The molecule has 0 aliphatic rings. The quantitative estimate of drug-likeness (QED) is 0.593. The van der Waals surface area contributed by atoms with E-state index in [0.717, 1.165) is 0 Å². The summed E-state index contributed by atoms with van der Waals surface area (Å²) in [6, 6.07) is 1.97. The summed E-state index contributed by atoms with van der Waals surface area (Å²) in [4.78, 5) is 0. The number of rotatable bonds is 3. The topological polar surface area (TPSA) is 59.0 Å². The van der Waals surface area contributed by atoms with Crippen molar-refractivity contribution in [3.05, 3.63) is 0 Å². The first-order valence-electron chi connectivity index (χ1n) is 2.81. The minimum absolute atomic E-state index is 0.542. The van der Waals surface area contributed by atoms with Gasteiger partial charge in [0.25, 0.3) is 0 Å². The van der Waals surface area contributed by atoms with Crippen molar-refractivity contribution < 1.29 is 4.74 Å². The van der Waals surface area contributed by atoms with E-state index in [1.165, 1.54) is 0 Å². The van der Waals surface area contributed by atoms with Crippen LogP contribution in [0.1, 0.15) is 13.3 Å². The molecule has 0 aliphatic carbocycles. The molecular formula is C6H12N2O. The molecule has 1 atom stereocenters. The summed E-state index contributed by atoms with van der Waals surface area (Å²) >= 11 is 0. The molecule has 0 fully saturated rings. The van der Waals surface area contributed by atoms with Gasteiger partial charge in [0.1, 0.15) is 5.54 Å². The molecule has 0 aromatic heterocycles. The molecule has 0 aromatic carbocycles. The van der Waals surface area contributed by atoms with E-state index >= 15 is 0 Å². The van der Waals surface area contributed by atoms with E-state index in [1.807, 2.05) is 6.07 Å². The van der Waals surface area contributed by atoms with Crippen LogP contribution in [0.5, 0.6) is 0 Å². The van der Waals surface area contributed by atoms with Crippen LogP contribution in [-0.2, 0) is 4.74 Å². The molecular weight excluding hydrogens is 116 g/mol. The van der Waals surface area contributed by atoms with Crippen molar-refractivity contribution in [3.8, 4) is 6.07 Å². The number of nitrogens with zero attached hydrogens (tertiary/aromatic N) is 1. The lowest BCUT2D eigenvalue weighted by molar-refractivity contribution is 0.181. The van der Waals surface area contributed by atoms with Crippen LogP contribution in [0.15, 0.2) is 0 Å². The van der Waals surface area contributed by atoms with Crippen molar-refractivity contribution in [3.63, 3.8) is 0 Å². The molecule has 52 valence electrons. The zero-order valence-corrected chi connectivity index (χ0v) is 5.85. The summed E-state index contributed by atoms with van der Waals surface area (Å²) in [7, 11) is 1.59. The maximum absolute atomic E-state index is 8.39. The highest BCUT2D eigenvalue weighted by Crippen LogP contribution is 2.01. The van der Waals surface area contributed by atoms with Gasteiger partial charge in [-0.1, -0.05) is 0 Å². The van der Waals surface area contributed by atoms with Gasteiger partial charge in [-0.15, -0.1) is 0 Å². The molecule has 0 unspecified atom stereocenters. The summed E-state index contributed by atoms with van der Waals surface area (Å²) in [5, 5.41) is 8.39. The summed E-state index contributed by atoms with van der Waals surface area (Å²) in [6.45, 7) is 2.23. The van der Waals surface area contributed by atoms with Crippen molar-refractivity contribution in [2.24, 2.45) is 5.73 Å². The van der Waals surface area contributed by atoms with Crippen LogP contribution in [0.4, 0.5) is 0 Å². The summed E-state index contributed by atoms with van der Waals surface area (Å²) in [5.41, 5.74) is 4.73. The van der Waals surface area contributed by atoms with Crippen LogP contribution in [0, 0.1) is 11.3 Å². The van der Waals surface area contributed by atoms with E-state index in [4.69, 9.17) is 15.7 Å². The second-order valence-corrected chi connectivity index (χ2v) is 2.27. The highest BCUT2D eigenvalue weighted by Gasteiger charge is 2.15. The molecule has 0 rings (SSSR count). The molecule has 2 N–H and O–H groups in total. The number of hydrogen-bond donors (Lipinski definition) is 1. The lowest BCUT2D eigenvalue weighted by atomic mass is 10.0. The Balaban J connectivity index is 3.49. The maximum Gasteiger partial charge on any atom is 0.103 e. The average molecular weight is 128 g/mol. The third-order valence-corrected chi connectivity index (χ3v) is 1.08. The van der Waals surface area contributed by atoms with E-state index in [-0.39, 0.29) is 0 Å². The lowest BCUT2D eigenvalue weighted by Crippen LogP contribution is -2.35. The van der Waals surface area contributed by atoms with Crippen molar-refractivity contribution in [1.82, 2.24) is 0 Å². The van der Waals surface area contributed by atoms with Crippen molar-refractivity contribution in [2.75, 3.05) is 13.7 Å². The maximum atomic E-state index is 8.39. The van der Waals surface area contributed by atoms with Crippen LogP contribution >= 0.6 is 0 Å². The zero-order valence-electron chi connectivity index (χ0n) is 5.85. The third-order valence-electron chi connectivity index (χ3n) is 1.08. The second-order valence-electron chi connectivity index (χ2n) is 2.27. The third kappa shape index (κ3) is 3.95. The van der Waals surface area contributed by atoms with Crippen molar-refractivity contribution >= 4 is 0 Å². The minimum Gasteiger partial charge on any atom is -0.385 e. The summed E-state index contributed by atoms with van der Waals surface area (Å²) in [6.07, 6.45) is 0.583. The molecule has 3 heteroatoms. The molecule has 0 heterocycles. The van der Waals surface area contributed by atoms with E-state index in [9.17, 15) is 0 Å². The van der Waals surface area contributed by atoms with Gasteiger partial charge in [0.05, 0.1) is 6.07 Å². The monoisotopic (exact) mass is 128 g/mol. The van der Waals surface area contributed by atoms with Crippen molar-refractivity contribution in [2.45, 2.75) is 18.9 Å². The van der Waals surface area contributed by atoms with Gasteiger partial charge < -0.3 is 10.5 Å². The number of hydrogen-bond acceptors (Lipinski definition) is 3. The van der Waals surface area contributed by atoms with Gasteiger partial charge in [-0.05, 0) is 6.92 Å². The highest BCUT2D eigenvalue weighted by molar-refractivity contribution is 5.00. The minimum atomic E-state index is -0.726. The fourth-order valence-corrected chi connectivity index (χ4v) is 0.370. The lowest BCUT2D eigenvalue weighted by Gasteiger charge is -2.12. The largest absolute Gasteiger partial charge is 0.385 e. The Morgan fingerprint density at radius 3 is 2.67 bits per heavy atom. The van der Waals surface area contributed by atoms with Gasteiger partial charge in [0.15, 0.2) is 0 Å². The van der Waals surface area contributed by atoms with E-state index in [1.54, 1.807) is 14.0 Å². The fourth-order valence-electron chi connectivity index (χ4n) is 0.370. The van der Waals surface area contributed by atoms with Crippen LogP contribution in [0.2, 0.25) is 0 Å². The fraction of sp³-hybridized carbons (Fsp3) is 0.833. The van der Waals surface area contributed by atoms with Crippen LogP contribution in [-0.4, -0.2) is 19.3 Å². The molecule has 0 bridgehead atoms. The number of methoxy groups -OCH3 is 1. The Hall–Kier alpha value is -0.590. The van der Waals surface area contributed by atoms with Gasteiger partial charge in [-0.3, -0.25) is 0 Å². The first kappa shape index (κ1) is 8.41. The zero-order chi connectivity index (χ0) is 7.33. The molecule has 0 amide bonds. The molecule has 0 radical (unpaired) electrons. The first-order valence-corrected chi connectivity index (χ1v) is 2.81. The SMILES string of the molecule is COCC[C@@](C)(N)C#N. The Kier molecular flexibility index (Phi) is 3.21. The van der Waals surface area contributed by atoms with E-state index in [2.05, 4.69) is 0 Å². The number of nitriles is 1. The average Bonchev–Trinajstić information content (AvgIpc) is 1.84. The first-order chi connectivity index (χ1) is 4.12.